The first-order valence-corrected chi connectivity index (χ1v) is 12.4. The average molecular weight is 484 g/mol. The number of amides is 1. The lowest BCUT2D eigenvalue weighted by Crippen LogP contribution is -2.40. The summed E-state index contributed by atoms with van der Waals surface area (Å²) < 4.78 is 42.3. The minimum atomic E-state index is -3.94. The van der Waals surface area contributed by atoms with Gasteiger partial charge in [-0.2, -0.15) is 12.7 Å². The molecule has 0 radical (unpaired) electrons. The molecule has 0 fully saturated rings. The lowest BCUT2D eigenvalue weighted by atomic mass is 10.0. The average Bonchev–Trinajstić information content (AvgIpc) is 2.82. The second-order valence-corrected chi connectivity index (χ2v) is 10.4. The summed E-state index contributed by atoms with van der Waals surface area (Å²) >= 11 is 0. The fourth-order valence-corrected chi connectivity index (χ4v) is 4.63. The van der Waals surface area contributed by atoms with E-state index in [1.54, 1.807) is 30.3 Å². The summed E-state index contributed by atoms with van der Waals surface area (Å²) in [6, 6.07) is 20.3. The SMILES string of the molecule is CC[C@H](NC(=O)c1ccc(CN(c2ccccc2F)S(=O)(=O)N(C)C)cc1)c1ccc(C)cc1. The molecule has 0 aromatic heterocycles. The third-order valence-corrected chi connectivity index (χ3v) is 7.40. The van der Waals surface area contributed by atoms with Crippen LogP contribution in [-0.2, 0) is 16.8 Å². The highest BCUT2D eigenvalue weighted by Gasteiger charge is 2.27. The Labute approximate surface area is 201 Å². The predicted molar refractivity (Wildman–Crippen MR) is 133 cm³/mol. The summed E-state index contributed by atoms with van der Waals surface area (Å²) in [6.07, 6.45) is 0.743. The number of hydrogen-bond donors (Lipinski definition) is 1. The van der Waals surface area contributed by atoms with Crippen LogP contribution in [0.1, 0.15) is 46.4 Å². The van der Waals surface area contributed by atoms with Crippen LogP contribution in [0.4, 0.5) is 10.1 Å². The number of carbonyl (C=O) groups excluding carboxylic acids is 1. The van der Waals surface area contributed by atoms with Crippen LogP contribution in [0.15, 0.2) is 72.8 Å². The van der Waals surface area contributed by atoms with Gasteiger partial charge in [0.1, 0.15) is 5.82 Å². The minimum Gasteiger partial charge on any atom is -0.345 e. The highest BCUT2D eigenvalue weighted by Crippen LogP contribution is 2.25. The number of nitrogens with one attached hydrogen (secondary N) is 1. The molecule has 0 saturated heterocycles. The van der Waals surface area contributed by atoms with Crippen LogP contribution in [-0.4, -0.2) is 32.7 Å². The number of hydrogen-bond acceptors (Lipinski definition) is 3. The van der Waals surface area contributed by atoms with Gasteiger partial charge in [0.2, 0.25) is 0 Å². The third-order valence-electron chi connectivity index (χ3n) is 5.60. The van der Waals surface area contributed by atoms with Crippen molar-refractivity contribution in [3.63, 3.8) is 0 Å². The summed E-state index contributed by atoms with van der Waals surface area (Å²) in [5, 5.41) is 3.05. The molecule has 0 saturated carbocycles. The van der Waals surface area contributed by atoms with Gasteiger partial charge in [0.25, 0.3) is 5.91 Å². The van der Waals surface area contributed by atoms with Crippen molar-refractivity contribution >= 4 is 21.8 Å². The molecule has 3 aromatic carbocycles. The summed E-state index contributed by atoms with van der Waals surface area (Å²) in [5.74, 6) is -0.850. The van der Waals surface area contributed by atoms with Gasteiger partial charge in [0.05, 0.1) is 18.3 Å². The Kier molecular flexibility index (Phi) is 8.06. The molecular weight excluding hydrogens is 453 g/mol. The van der Waals surface area contributed by atoms with Gasteiger partial charge in [0, 0.05) is 19.7 Å². The molecule has 1 atom stereocenters. The van der Waals surface area contributed by atoms with Crippen molar-refractivity contribution in [2.24, 2.45) is 0 Å². The summed E-state index contributed by atoms with van der Waals surface area (Å²) in [4.78, 5) is 12.8. The Morgan fingerprint density at radius 1 is 0.971 bits per heavy atom. The smallest absolute Gasteiger partial charge is 0.303 e. The first-order chi connectivity index (χ1) is 16.1. The van der Waals surface area contributed by atoms with Gasteiger partial charge in [-0.1, -0.05) is 61.0 Å². The summed E-state index contributed by atoms with van der Waals surface area (Å²) in [6.45, 7) is 3.95. The van der Waals surface area contributed by atoms with Crippen LogP contribution in [0.5, 0.6) is 0 Å². The molecule has 0 unspecified atom stereocenters. The van der Waals surface area contributed by atoms with Gasteiger partial charge in [-0.25, -0.2) is 4.39 Å². The molecule has 0 aliphatic rings. The maximum absolute atomic E-state index is 14.4. The van der Waals surface area contributed by atoms with Crippen molar-refractivity contribution in [2.45, 2.75) is 32.9 Å². The maximum atomic E-state index is 14.4. The van der Waals surface area contributed by atoms with Gasteiger partial charge >= 0.3 is 10.2 Å². The Morgan fingerprint density at radius 2 is 1.59 bits per heavy atom. The predicted octanol–water partition coefficient (Wildman–Crippen LogP) is 4.83. The first kappa shape index (κ1) is 25.4. The molecular formula is C26H30FN3O3S. The Balaban J connectivity index is 1.80. The third kappa shape index (κ3) is 5.81. The van der Waals surface area contributed by atoms with E-state index < -0.39 is 16.0 Å². The first-order valence-electron chi connectivity index (χ1n) is 11.0. The van der Waals surface area contributed by atoms with Crippen molar-refractivity contribution in [3.8, 4) is 0 Å². The molecule has 8 heteroatoms. The van der Waals surface area contributed by atoms with Gasteiger partial charge < -0.3 is 5.32 Å². The van der Waals surface area contributed by atoms with E-state index in [1.165, 1.54) is 32.3 Å². The van der Waals surface area contributed by atoms with Crippen molar-refractivity contribution in [3.05, 3.63) is 101 Å². The molecule has 3 rings (SSSR count). The van der Waals surface area contributed by atoms with Crippen LogP contribution in [0, 0.1) is 12.7 Å². The number of halogens is 1. The van der Waals surface area contributed by atoms with E-state index in [0.717, 1.165) is 26.2 Å². The lowest BCUT2D eigenvalue weighted by Gasteiger charge is -2.27. The molecule has 1 N–H and O–H groups in total. The van der Waals surface area contributed by atoms with Gasteiger partial charge in [-0.05, 0) is 48.7 Å². The number of nitrogens with zero attached hydrogens (tertiary/aromatic N) is 2. The summed E-state index contributed by atoms with van der Waals surface area (Å²) in [5.41, 5.74) is 3.23. The zero-order valence-electron chi connectivity index (χ0n) is 19.8. The van der Waals surface area contributed by atoms with Gasteiger partial charge in [-0.3, -0.25) is 9.10 Å². The number of benzene rings is 3. The Hall–Kier alpha value is -3.23. The van der Waals surface area contributed by atoms with Gasteiger partial charge in [-0.15, -0.1) is 0 Å². The maximum Gasteiger partial charge on any atom is 0.303 e. The molecule has 0 aliphatic heterocycles. The zero-order valence-corrected chi connectivity index (χ0v) is 20.6. The van der Waals surface area contributed by atoms with Crippen LogP contribution in [0.3, 0.4) is 0 Å². The minimum absolute atomic E-state index is 0.0399. The number of anilines is 1. The van der Waals surface area contributed by atoms with E-state index in [4.69, 9.17) is 0 Å². The van der Waals surface area contributed by atoms with Crippen molar-refractivity contribution in [2.75, 3.05) is 18.4 Å². The van der Waals surface area contributed by atoms with E-state index in [0.29, 0.717) is 11.1 Å². The number of para-hydroxylation sites is 1. The number of aryl methyl sites for hydroxylation is 1. The summed E-state index contributed by atoms with van der Waals surface area (Å²) in [7, 11) is -1.15. The van der Waals surface area contributed by atoms with E-state index in [-0.39, 0.29) is 24.2 Å². The van der Waals surface area contributed by atoms with Crippen LogP contribution in [0.2, 0.25) is 0 Å². The molecule has 6 nitrogen and oxygen atoms in total. The molecule has 34 heavy (non-hydrogen) atoms. The second-order valence-electron chi connectivity index (χ2n) is 8.29. The fraction of sp³-hybridized carbons (Fsp3) is 0.269. The van der Waals surface area contributed by atoms with Crippen LogP contribution >= 0.6 is 0 Å². The Bertz CT molecular complexity index is 1230. The van der Waals surface area contributed by atoms with E-state index in [2.05, 4.69) is 5.32 Å². The zero-order chi connectivity index (χ0) is 24.9. The molecule has 3 aromatic rings. The topological polar surface area (TPSA) is 69.7 Å². The molecule has 0 heterocycles. The quantitative estimate of drug-likeness (QED) is 0.474. The van der Waals surface area contributed by atoms with Gasteiger partial charge in [0.15, 0.2) is 0 Å². The largest absolute Gasteiger partial charge is 0.345 e. The second kappa shape index (κ2) is 10.8. The van der Waals surface area contributed by atoms with Crippen LogP contribution < -0.4 is 9.62 Å². The highest BCUT2D eigenvalue weighted by molar-refractivity contribution is 7.90. The molecule has 0 aliphatic carbocycles. The lowest BCUT2D eigenvalue weighted by molar-refractivity contribution is 0.0935. The highest BCUT2D eigenvalue weighted by atomic mass is 32.2. The Morgan fingerprint density at radius 3 is 2.15 bits per heavy atom. The molecule has 1 amide bonds. The van der Waals surface area contributed by atoms with E-state index >= 15 is 0 Å². The van der Waals surface area contributed by atoms with Crippen molar-refractivity contribution in [1.29, 1.82) is 0 Å². The van der Waals surface area contributed by atoms with E-state index in [1.807, 2.05) is 38.1 Å². The fourth-order valence-electron chi connectivity index (χ4n) is 3.53. The number of rotatable bonds is 9. The van der Waals surface area contributed by atoms with Crippen molar-refractivity contribution in [1.82, 2.24) is 9.62 Å². The molecule has 0 bridgehead atoms. The molecule has 180 valence electrons. The molecule has 0 spiro atoms. The van der Waals surface area contributed by atoms with Crippen LogP contribution in [0.25, 0.3) is 0 Å². The van der Waals surface area contributed by atoms with E-state index in [9.17, 15) is 17.6 Å². The normalized spacial score (nSPS) is 12.4. The standard InChI is InChI=1S/C26H30FN3O3S/c1-5-24(21-14-10-19(2)11-15-21)28-26(31)22-16-12-20(13-17-22)18-30(34(32,33)29(3)4)25-9-7-6-8-23(25)27/h6-17,24H,5,18H2,1-4H3,(H,28,31)/t24-/m0/s1. The monoisotopic (exact) mass is 483 g/mol. The number of carbonyl (C=O) groups is 1. The van der Waals surface area contributed by atoms with Crippen molar-refractivity contribution < 1.29 is 17.6 Å².